The van der Waals surface area contributed by atoms with E-state index in [1.165, 1.54) is 0 Å². The number of dihydropyridines is 1. The summed E-state index contributed by atoms with van der Waals surface area (Å²) >= 11 is 0. The minimum absolute atomic E-state index is 0.0595. The summed E-state index contributed by atoms with van der Waals surface area (Å²) in [7, 11) is 0. The van der Waals surface area contributed by atoms with Gasteiger partial charge >= 0.3 is 0 Å². The number of nitrogens with one attached hydrogen (secondary N) is 1. The molecule has 0 bridgehead atoms. The molecule has 0 radical (unpaired) electrons. The van der Waals surface area contributed by atoms with Crippen molar-refractivity contribution in [3.63, 3.8) is 0 Å². The van der Waals surface area contributed by atoms with Gasteiger partial charge in [0.05, 0.1) is 11.4 Å². The zero-order chi connectivity index (χ0) is 16.7. The number of carbonyl (C=O) groups excluding carboxylic acids is 2. The maximum atomic E-state index is 12.2. The van der Waals surface area contributed by atoms with Gasteiger partial charge < -0.3 is 10.1 Å². The highest BCUT2D eigenvalue weighted by Crippen LogP contribution is 2.31. The molecule has 24 heavy (non-hydrogen) atoms. The molecule has 1 aliphatic carbocycles. The van der Waals surface area contributed by atoms with Crippen LogP contribution in [0.15, 0.2) is 59.1 Å². The van der Waals surface area contributed by atoms with E-state index in [0.717, 1.165) is 11.3 Å². The smallest absolute Gasteiger partial charge is 0.273 e. The second-order valence-electron chi connectivity index (χ2n) is 6.06. The molecule has 0 fully saturated rings. The number of anilines is 1. The van der Waals surface area contributed by atoms with E-state index in [2.05, 4.69) is 10.3 Å². The van der Waals surface area contributed by atoms with Gasteiger partial charge in [0.1, 0.15) is 5.75 Å². The van der Waals surface area contributed by atoms with Crippen molar-refractivity contribution >= 4 is 23.2 Å². The molecule has 1 N–H and O–H groups in total. The molecule has 0 saturated carbocycles. The third-order valence-corrected chi connectivity index (χ3v) is 4.29. The van der Waals surface area contributed by atoms with E-state index in [4.69, 9.17) is 4.74 Å². The third-order valence-electron chi connectivity index (χ3n) is 4.29. The van der Waals surface area contributed by atoms with Gasteiger partial charge in [-0.1, -0.05) is 30.4 Å². The van der Waals surface area contributed by atoms with Crippen molar-refractivity contribution in [2.24, 2.45) is 10.9 Å². The molecule has 2 amide bonds. The monoisotopic (exact) mass is 320 g/mol. The first kappa shape index (κ1) is 14.6. The van der Waals surface area contributed by atoms with E-state index in [9.17, 15) is 9.59 Å². The fraction of sp³-hybridized carbons (Fsp3) is 0.211. The summed E-state index contributed by atoms with van der Waals surface area (Å²) in [6.45, 7) is 1.71. The molecule has 0 aromatic heterocycles. The van der Waals surface area contributed by atoms with Gasteiger partial charge in [0.2, 0.25) is 0 Å². The quantitative estimate of drug-likeness (QED) is 0.911. The van der Waals surface area contributed by atoms with Crippen molar-refractivity contribution in [2.45, 2.75) is 19.4 Å². The number of nitrogens with zero attached hydrogens (tertiary/aromatic N) is 1. The van der Waals surface area contributed by atoms with Crippen LogP contribution in [0.1, 0.15) is 12.5 Å². The number of aliphatic imine (C=N–C) groups is 1. The van der Waals surface area contributed by atoms with Gasteiger partial charge in [0.15, 0.2) is 6.10 Å². The number of allylic oxidation sites excluding steroid dienone is 5. The number of amides is 2. The Bertz CT molecular complexity index is 861. The lowest BCUT2D eigenvalue weighted by molar-refractivity contribution is -0.122. The van der Waals surface area contributed by atoms with Crippen molar-refractivity contribution in [2.75, 3.05) is 5.32 Å². The minimum atomic E-state index is -0.495. The highest BCUT2D eigenvalue weighted by Gasteiger charge is 2.25. The zero-order valence-electron chi connectivity index (χ0n) is 13.2. The molecule has 3 aliphatic rings. The van der Waals surface area contributed by atoms with Crippen LogP contribution in [0.25, 0.3) is 0 Å². The lowest BCUT2D eigenvalue weighted by atomic mass is 9.90. The van der Waals surface area contributed by atoms with E-state index < -0.39 is 6.10 Å². The van der Waals surface area contributed by atoms with Crippen molar-refractivity contribution in [3.8, 4) is 5.75 Å². The van der Waals surface area contributed by atoms with Crippen LogP contribution < -0.4 is 10.1 Å². The first-order chi connectivity index (χ1) is 11.6. The maximum absolute atomic E-state index is 12.2. The number of hydrogen-bond donors (Lipinski definition) is 1. The van der Waals surface area contributed by atoms with Crippen LogP contribution >= 0.6 is 0 Å². The number of hydrogen-bond acceptors (Lipinski definition) is 3. The van der Waals surface area contributed by atoms with Gasteiger partial charge in [-0.15, -0.1) is 0 Å². The average Bonchev–Trinajstić information content (AvgIpc) is 2.57. The molecule has 1 aromatic rings. The van der Waals surface area contributed by atoms with Crippen molar-refractivity contribution in [3.05, 3.63) is 59.7 Å². The van der Waals surface area contributed by atoms with E-state index in [-0.39, 0.29) is 17.7 Å². The Hall–Kier alpha value is -2.95. The molecular formula is C19H16N2O3. The second-order valence-corrected chi connectivity index (χ2v) is 6.06. The average molecular weight is 320 g/mol. The van der Waals surface area contributed by atoms with Gasteiger partial charge in [0.25, 0.3) is 11.8 Å². The highest BCUT2D eigenvalue weighted by atomic mass is 16.5. The number of ether oxygens (including phenoxy) is 1. The Kier molecular flexibility index (Phi) is 3.41. The molecule has 120 valence electrons. The predicted molar refractivity (Wildman–Crippen MR) is 91.2 cm³/mol. The first-order valence-corrected chi connectivity index (χ1v) is 7.89. The van der Waals surface area contributed by atoms with Crippen molar-refractivity contribution < 1.29 is 14.3 Å². The van der Waals surface area contributed by atoms with E-state index >= 15 is 0 Å². The van der Waals surface area contributed by atoms with Crippen LogP contribution in [0.5, 0.6) is 5.75 Å². The Morgan fingerprint density at radius 1 is 1.25 bits per heavy atom. The van der Waals surface area contributed by atoms with Crippen molar-refractivity contribution in [1.29, 1.82) is 0 Å². The Morgan fingerprint density at radius 3 is 3.00 bits per heavy atom. The van der Waals surface area contributed by atoms with E-state index in [0.29, 0.717) is 23.4 Å². The van der Waals surface area contributed by atoms with Crippen LogP contribution in [0.4, 0.5) is 5.69 Å². The van der Waals surface area contributed by atoms with E-state index in [1.54, 1.807) is 6.92 Å². The van der Waals surface area contributed by atoms with E-state index in [1.807, 2.05) is 48.6 Å². The van der Waals surface area contributed by atoms with Gasteiger partial charge in [-0.2, -0.15) is 0 Å². The predicted octanol–water partition coefficient (Wildman–Crippen LogP) is 2.60. The standard InChI is InChI=1S/C19H16N2O3/c1-11-18(22)21-16-9-12(6-7-17(16)24-11)8-14-10-13-4-2-3-5-15(13)20-19(14)23/h2-7,9-11,13H,8H2,1H3,(H,21,22)/t11-,13?/m0/s1. The van der Waals surface area contributed by atoms with Crippen LogP contribution in [-0.2, 0) is 16.0 Å². The number of fused-ring (bicyclic) bond motifs is 2. The third kappa shape index (κ3) is 2.58. The maximum Gasteiger partial charge on any atom is 0.273 e. The molecule has 0 spiro atoms. The largest absolute Gasteiger partial charge is 0.479 e. The van der Waals surface area contributed by atoms with Gasteiger partial charge in [0, 0.05) is 17.9 Å². The van der Waals surface area contributed by atoms with Crippen LogP contribution in [0.3, 0.4) is 0 Å². The fourth-order valence-electron chi connectivity index (χ4n) is 3.00. The Balaban J connectivity index is 1.58. The summed E-state index contributed by atoms with van der Waals surface area (Å²) in [6.07, 6.45) is 9.67. The summed E-state index contributed by atoms with van der Waals surface area (Å²) in [5, 5.41) is 2.83. The van der Waals surface area contributed by atoms with Crippen LogP contribution in [0.2, 0.25) is 0 Å². The molecule has 5 heteroatoms. The summed E-state index contributed by atoms with van der Waals surface area (Å²) in [5.41, 5.74) is 3.02. The number of carbonyl (C=O) groups is 2. The molecule has 4 rings (SSSR count). The molecule has 0 saturated heterocycles. The van der Waals surface area contributed by atoms with Gasteiger partial charge in [-0.05, 0) is 30.7 Å². The molecule has 2 aliphatic heterocycles. The van der Waals surface area contributed by atoms with Gasteiger partial charge in [-0.3, -0.25) is 9.59 Å². The van der Waals surface area contributed by atoms with Crippen LogP contribution in [0, 0.1) is 5.92 Å². The molecule has 5 nitrogen and oxygen atoms in total. The van der Waals surface area contributed by atoms with Crippen molar-refractivity contribution in [1.82, 2.24) is 0 Å². The summed E-state index contributed by atoms with van der Waals surface area (Å²) in [4.78, 5) is 28.1. The molecule has 2 heterocycles. The fourth-order valence-corrected chi connectivity index (χ4v) is 3.00. The number of rotatable bonds is 2. The molecule has 2 atom stereocenters. The minimum Gasteiger partial charge on any atom is -0.479 e. The molecule has 1 unspecified atom stereocenters. The van der Waals surface area contributed by atoms with Crippen LogP contribution in [-0.4, -0.2) is 23.6 Å². The highest BCUT2D eigenvalue weighted by molar-refractivity contribution is 6.13. The normalized spacial score (nSPS) is 24.4. The zero-order valence-corrected chi connectivity index (χ0v) is 13.2. The summed E-state index contributed by atoms with van der Waals surface area (Å²) in [6, 6.07) is 5.59. The first-order valence-electron chi connectivity index (χ1n) is 7.89. The second kappa shape index (κ2) is 5.60. The molecular weight excluding hydrogens is 304 g/mol. The topological polar surface area (TPSA) is 67.8 Å². The SMILES string of the molecule is C[C@@H]1Oc2ccc(CC3=CC4C=CC=CC4=NC3=O)cc2NC1=O. The van der Waals surface area contributed by atoms with Gasteiger partial charge in [-0.25, -0.2) is 4.99 Å². The molecule has 1 aromatic carbocycles. The lowest BCUT2D eigenvalue weighted by Gasteiger charge is -2.24. The lowest BCUT2D eigenvalue weighted by Crippen LogP contribution is -2.34. The Morgan fingerprint density at radius 2 is 2.12 bits per heavy atom. The Labute approximate surface area is 139 Å². The summed E-state index contributed by atoms with van der Waals surface area (Å²) < 4.78 is 5.55. The number of benzene rings is 1. The summed E-state index contributed by atoms with van der Waals surface area (Å²) in [5.74, 6) is 0.341.